The second-order valence-corrected chi connectivity index (χ2v) is 5.89. The topological polar surface area (TPSA) is 98.7 Å². The highest BCUT2D eigenvalue weighted by atomic mass is 16.4. The summed E-state index contributed by atoms with van der Waals surface area (Å²) in [5.41, 5.74) is -0.358. The number of carbonyl (C=O) groups excluding carboxylic acids is 2. The molecule has 3 amide bonds. The lowest BCUT2D eigenvalue weighted by atomic mass is 10.1. The van der Waals surface area contributed by atoms with Gasteiger partial charge in [0.25, 0.3) is 0 Å². The van der Waals surface area contributed by atoms with E-state index in [0.717, 1.165) is 0 Å². The standard InChI is InChI=1S/C13H25N3O4/c1-9(2)16(7-6-11(18)19)12(20)14-8-10(17)15-13(3,4)5/h9H,6-8H2,1-5H3,(H,14,20)(H,15,17)(H,18,19). The largest absolute Gasteiger partial charge is 0.481 e. The van der Waals surface area contributed by atoms with Crippen LogP contribution in [0, 0.1) is 0 Å². The predicted molar refractivity (Wildman–Crippen MR) is 75.4 cm³/mol. The van der Waals surface area contributed by atoms with Crippen LogP contribution in [-0.2, 0) is 9.59 Å². The molecule has 0 bridgehead atoms. The Labute approximate surface area is 119 Å². The highest BCUT2D eigenvalue weighted by molar-refractivity contribution is 5.84. The fourth-order valence-corrected chi connectivity index (χ4v) is 1.53. The van der Waals surface area contributed by atoms with Crippen LogP contribution < -0.4 is 10.6 Å². The molecule has 0 aliphatic carbocycles. The molecule has 0 aromatic heterocycles. The molecule has 0 saturated carbocycles. The van der Waals surface area contributed by atoms with Crippen molar-refractivity contribution >= 4 is 17.9 Å². The van der Waals surface area contributed by atoms with Gasteiger partial charge in [-0.2, -0.15) is 0 Å². The van der Waals surface area contributed by atoms with E-state index < -0.39 is 12.0 Å². The van der Waals surface area contributed by atoms with Crippen LogP contribution in [0.5, 0.6) is 0 Å². The Hall–Kier alpha value is -1.79. The molecule has 0 saturated heterocycles. The summed E-state index contributed by atoms with van der Waals surface area (Å²) in [5, 5.41) is 13.9. The number of carboxylic acid groups (broad SMARTS) is 1. The summed E-state index contributed by atoms with van der Waals surface area (Å²) in [7, 11) is 0. The Morgan fingerprint density at radius 3 is 2.15 bits per heavy atom. The van der Waals surface area contributed by atoms with Gasteiger partial charge in [0.15, 0.2) is 0 Å². The summed E-state index contributed by atoms with van der Waals surface area (Å²) in [6.45, 7) is 9.10. The number of nitrogens with zero attached hydrogens (tertiary/aromatic N) is 1. The summed E-state index contributed by atoms with van der Waals surface area (Å²) in [6.07, 6.45) is -0.125. The van der Waals surface area contributed by atoms with E-state index in [4.69, 9.17) is 5.11 Å². The van der Waals surface area contributed by atoms with Crippen LogP contribution in [0.15, 0.2) is 0 Å². The number of rotatable bonds is 6. The van der Waals surface area contributed by atoms with E-state index in [-0.39, 0.29) is 37.0 Å². The van der Waals surface area contributed by atoms with Gasteiger partial charge in [-0.15, -0.1) is 0 Å². The molecule has 7 nitrogen and oxygen atoms in total. The molecule has 0 aliphatic heterocycles. The Balaban J connectivity index is 4.33. The molecule has 116 valence electrons. The van der Waals surface area contributed by atoms with Crippen molar-refractivity contribution in [3.63, 3.8) is 0 Å². The SMILES string of the molecule is CC(C)N(CCC(=O)O)C(=O)NCC(=O)NC(C)(C)C. The van der Waals surface area contributed by atoms with Crippen molar-refractivity contribution < 1.29 is 19.5 Å². The van der Waals surface area contributed by atoms with E-state index in [9.17, 15) is 14.4 Å². The summed E-state index contributed by atoms with van der Waals surface area (Å²) in [5.74, 6) is -1.25. The van der Waals surface area contributed by atoms with Gasteiger partial charge in [0, 0.05) is 18.1 Å². The third-order valence-electron chi connectivity index (χ3n) is 2.37. The first kappa shape index (κ1) is 18.2. The molecule has 0 radical (unpaired) electrons. The van der Waals surface area contributed by atoms with E-state index >= 15 is 0 Å². The van der Waals surface area contributed by atoms with Gasteiger partial charge in [0.05, 0.1) is 13.0 Å². The Kier molecular flexibility index (Phi) is 7.02. The number of carboxylic acids is 1. The Morgan fingerprint density at radius 1 is 1.20 bits per heavy atom. The smallest absolute Gasteiger partial charge is 0.318 e. The fourth-order valence-electron chi connectivity index (χ4n) is 1.53. The van der Waals surface area contributed by atoms with Gasteiger partial charge in [0.2, 0.25) is 5.91 Å². The minimum absolute atomic E-state index is 0.111. The van der Waals surface area contributed by atoms with Crippen LogP contribution in [0.1, 0.15) is 41.0 Å². The average Bonchev–Trinajstić information content (AvgIpc) is 2.23. The first-order valence-corrected chi connectivity index (χ1v) is 6.60. The number of nitrogens with one attached hydrogen (secondary N) is 2. The monoisotopic (exact) mass is 287 g/mol. The molecule has 7 heteroatoms. The quantitative estimate of drug-likeness (QED) is 0.672. The molecule has 0 unspecified atom stereocenters. The Morgan fingerprint density at radius 2 is 1.75 bits per heavy atom. The first-order valence-electron chi connectivity index (χ1n) is 6.60. The van der Waals surface area contributed by atoms with Crippen molar-refractivity contribution in [3.05, 3.63) is 0 Å². The Bertz CT molecular complexity index is 361. The van der Waals surface area contributed by atoms with Crippen LogP contribution in [-0.4, -0.2) is 52.6 Å². The molecular formula is C13H25N3O4. The molecule has 0 rings (SSSR count). The van der Waals surface area contributed by atoms with Gasteiger partial charge in [-0.05, 0) is 34.6 Å². The third kappa shape index (κ3) is 8.34. The highest BCUT2D eigenvalue weighted by Crippen LogP contribution is 2.01. The minimum Gasteiger partial charge on any atom is -0.481 e. The third-order valence-corrected chi connectivity index (χ3v) is 2.37. The molecular weight excluding hydrogens is 262 g/mol. The zero-order valence-electron chi connectivity index (χ0n) is 12.8. The van der Waals surface area contributed by atoms with Gasteiger partial charge in [-0.1, -0.05) is 0 Å². The number of hydrogen-bond acceptors (Lipinski definition) is 3. The molecule has 0 atom stereocenters. The van der Waals surface area contributed by atoms with E-state index in [0.29, 0.717) is 0 Å². The molecule has 0 aromatic carbocycles. The lowest BCUT2D eigenvalue weighted by Gasteiger charge is -2.27. The maximum Gasteiger partial charge on any atom is 0.318 e. The van der Waals surface area contributed by atoms with Crippen LogP contribution in [0.3, 0.4) is 0 Å². The molecule has 0 spiro atoms. The van der Waals surface area contributed by atoms with Crippen LogP contribution >= 0.6 is 0 Å². The summed E-state index contributed by atoms with van der Waals surface area (Å²) >= 11 is 0. The van der Waals surface area contributed by atoms with E-state index in [1.807, 2.05) is 20.8 Å². The molecule has 0 aliphatic rings. The maximum absolute atomic E-state index is 11.9. The zero-order valence-corrected chi connectivity index (χ0v) is 12.8. The summed E-state index contributed by atoms with van der Waals surface area (Å²) in [6, 6.07) is -0.578. The second-order valence-electron chi connectivity index (χ2n) is 5.89. The average molecular weight is 287 g/mol. The molecule has 0 heterocycles. The van der Waals surface area contributed by atoms with Crippen LogP contribution in [0.4, 0.5) is 4.79 Å². The van der Waals surface area contributed by atoms with E-state index in [2.05, 4.69) is 10.6 Å². The zero-order chi connectivity index (χ0) is 15.9. The second kappa shape index (κ2) is 7.72. The number of carbonyl (C=O) groups is 3. The van der Waals surface area contributed by atoms with Crippen molar-refractivity contribution in [1.29, 1.82) is 0 Å². The van der Waals surface area contributed by atoms with Crippen LogP contribution in [0.25, 0.3) is 0 Å². The van der Waals surface area contributed by atoms with Gasteiger partial charge in [-0.25, -0.2) is 4.79 Å². The van der Waals surface area contributed by atoms with Crippen molar-refractivity contribution in [2.45, 2.75) is 52.6 Å². The van der Waals surface area contributed by atoms with Gasteiger partial charge in [0.1, 0.15) is 0 Å². The summed E-state index contributed by atoms with van der Waals surface area (Å²) in [4.78, 5) is 35.4. The normalized spacial score (nSPS) is 11.1. The van der Waals surface area contributed by atoms with Crippen molar-refractivity contribution in [3.8, 4) is 0 Å². The summed E-state index contributed by atoms with van der Waals surface area (Å²) < 4.78 is 0. The minimum atomic E-state index is -0.964. The highest BCUT2D eigenvalue weighted by Gasteiger charge is 2.19. The molecule has 0 fully saturated rings. The lowest BCUT2D eigenvalue weighted by molar-refractivity contribution is -0.137. The number of amides is 3. The fraction of sp³-hybridized carbons (Fsp3) is 0.769. The van der Waals surface area contributed by atoms with Gasteiger partial charge >= 0.3 is 12.0 Å². The first-order chi connectivity index (χ1) is 9.03. The maximum atomic E-state index is 11.9. The van der Waals surface area contributed by atoms with Crippen LogP contribution in [0.2, 0.25) is 0 Å². The van der Waals surface area contributed by atoms with E-state index in [1.54, 1.807) is 13.8 Å². The van der Waals surface area contributed by atoms with Gasteiger partial charge in [-0.3, -0.25) is 9.59 Å². The molecule has 0 aromatic rings. The number of aliphatic carboxylic acids is 1. The number of hydrogen-bond donors (Lipinski definition) is 3. The predicted octanol–water partition coefficient (Wildman–Crippen LogP) is 0.796. The van der Waals surface area contributed by atoms with Crippen molar-refractivity contribution in [2.24, 2.45) is 0 Å². The molecule has 3 N–H and O–H groups in total. The lowest BCUT2D eigenvalue weighted by Crippen LogP contribution is -2.50. The van der Waals surface area contributed by atoms with Gasteiger partial charge < -0.3 is 20.6 Å². The van der Waals surface area contributed by atoms with Crippen molar-refractivity contribution in [2.75, 3.05) is 13.1 Å². The molecule has 20 heavy (non-hydrogen) atoms. The van der Waals surface area contributed by atoms with E-state index in [1.165, 1.54) is 4.90 Å². The number of urea groups is 1. The van der Waals surface area contributed by atoms with Crippen molar-refractivity contribution in [1.82, 2.24) is 15.5 Å².